The van der Waals surface area contributed by atoms with Gasteiger partial charge in [-0.15, -0.1) is 0 Å². The van der Waals surface area contributed by atoms with Crippen molar-refractivity contribution in [3.8, 4) is 0 Å². The standard InChI is InChI=1S/C13H26N2O3S/c1-4-12(5-2)14-13(16)11-8-7-9-15(10-11)19(17,18)6-3/h11-12H,4-10H2,1-3H3,(H,14,16). The Balaban J connectivity index is 2.62. The molecule has 0 radical (unpaired) electrons. The van der Waals surface area contributed by atoms with Gasteiger partial charge in [0, 0.05) is 19.1 Å². The summed E-state index contributed by atoms with van der Waals surface area (Å²) in [5.41, 5.74) is 0. The van der Waals surface area contributed by atoms with Crippen LogP contribution in [0.25, 0.3) is 0 Å². The molecule has 0 aromatic rings. The lowest BCUT2D eigenvalue weighted by Gasteiger charge is -2.31. The number of hydrogen-bond donors (Lipinski definition) is 1. The fraction of sp³-hybridized carbons (Fsp3) is 0.923. The Morgan fingerprint density at radius 3 is 2.47 bits per heavy atom. The molecule has 1 atom stereocenters. The van der Waals surface area contributed by atoms with Crippen molar-refractivity contribution in [2.45, 2.75) is 52.5 Å². The normalized spacial score (nSPS) is 21.6. The summed E-state index contributed by atoms with van der Waals surface area (Å²) in [7, 11) is -3.17. The lowest BCUT2D eigenvalue weighted by atomic mass is 9.98. The lowest BCUT2D eigenvalue weighted by molar-refractivity contribution is -0.126. The van der Waals surface area contributed by atoms with E-state index in [0.717, 1.165) is 25.7 Å². The summed E-state index contributed by atoms with van der Waals surface area (Å²) in [5.74, 6) is -0.0891. The SMILES string of the molecule is CCC(CC)NC(=O)C1CCCN(S(=O)(=O)CC)C1. The maximum Gasteiger partial charge on any atom is 0.224 e. The Morgan fingerprint density at radius 1 is 1.32 bits per heavy atom. The minimum Gasteiger partial charge on any atom is -0.353 e. The van der Waals surface area contributed by atoms with Crippen molar-refractivity contribution in [3.63, 3.8) is 0 Å². The van der Waals surface area contributed by atoms with Crippen LogP contribution in [0.3, 0.4) is 0 Å². The largest absolute Gasteiger partial charge is 0.353 e. The second kappa shape index (κ2) is 7.24. The maximum atomic E-state index is 12.2. The first-order valence-electron chi connectivity index (χ1n) is 7.22. The maximum absolute atomic E-state index is 12.2. The molecule has 5 nitrogen and oxygen atoms in total. The van der Waals surface area contributed by atoms with Crippen molar-refractivity contribution < 1.29 is 13.2 Å². The smallest absolute Gasteiger partial charge is 0.224 e. The predicted molar refractivity (Wildman–Crippen MR) is 76.3 cm³/mol. The van der Waals surface area contributed by atoms with Crippen LogP contribution in [0, 0.1) is 5.92 Å². The van der Waals surface area contributed by atoms with Gasteiger partial charge < -0.3 is 5.32 Å². The van der Waals surface area contributed by atoms with E-state index in [1.807, 2.05) is 13.8 Å². The first-order valence-corrected chi connectivity index (χ1v) is 8.83. The topological polar surface area (TPSA) is 66.5 Å². The second-order valence-electron chi connectivity index (χ2n) is 5.12. The van der Waals surface area contributed by atoms with Gasteiger partial charge in [-0.2, -0.15) is 0 Å². The first kappa shape index (κ1) is 16.4. The van der Waals surface area contributed by atoms with E-state index < -0.39 is 10.0 Å². The lowest BCUT2D eigenvalue weighted by Crippen LogP contribution is -2.47. The number of nitrogens with one attached hydrogen (secondary N) is 1. The summed E-state index contributed by atoms with van der Waals surface area (Å²) in [5, 5.41) is 3.02. The van der Waals surface area contributed by atoms with Crippen LogP contribution in [0.1, 0.15) is 46.5 Å². The first-order chi connectivity index (χ1) is 8.94. The fourth-order valence-electron chi connectivity index (χ4n) is 2.40. The molecule has 0 aliphatic carbocycles. The van der Waals surface area contributed by atoms with Crippen molar-refractivity contribution in [2.75, 3.05) is 18.8 Å². The van der Waals surface area contributed by atoms with E-state index in [1.54, 1.807) is 6.92 Å². The third kappa shape index (κ3) is 4.45. The summed E-state index contributed by atoms with van der Waals surface area (Å²) in [6, 6.07) is 0.200. The highest BCUT2D eigenvalue weighted by Crippen LogP contribution is 2.20. The number of amides is 1. The van der Waals surface area contributed by atoms with Gasteiger partial charge in [-0.1, -0.05) is 13.8 Å². The number of sulfonamides is 1. The third-order valence-electron chi connectivity index (χ3n) is 3.85. The molecule has 1 amide bonds. The van der Waals surface area contributed by atoms with E-state index in [1.165, 1.54) is 4.31 Å². The van der Waals surface area contributed by atoms with E-state index in [9.17, 15) is 13.2 Å². The Kier molecular flexibility index (Phi) is 6.26. The van der Waals surface area contributed by atoms with Gasteiger partial charge >= 0.3 is 0 Å². The van der Waals surface area contributed by atoms with Crippen molar-refractivity contribution in [1.29, 1.82) is 0 Å². The minimum atomic E-state index is -3.17. The van der Waals surface area contributed by atoms with Crippen LogP contribution in [0.5, 0.6) is 0 Å². The number of carbonyl (C=O) groups excluding carboxylic acids is 1. The highest BCUT2D eigenvalue weighted by molar-refractivity contribution is 7.89. The molecule has 1 fully saturated rings. The van der Waals surface area contributed by atoms with Crippen LogP contribution in [0.15, 0.2) is 0 Å². The van der Waals surface area contributed by atoms with Crippen molar-refractivity contribution >= 4 is 15.9 Å². The molecule has 1 heterocycles. The van der Waals surface area contributed by atoms with Gasteiger partial charge in [0.25, 0.3) is 0 Å². The van der Waals surface area contributed by atoms with Crippen LogP contribution in [-0.4, -0.2) is 43.5 Å². The molecule has 0 saturated carbocycles. The van der Waals surface area contributed by atoms with Crippen LogP contribution < -0.4 is 5.32 Å². The quantitative estimate of drug-likeness (QED) is 0.803. The predicted octanol–water partition coefficient (Wildman–Crippen LogP) is 1.35. The summed E-state index contributed by atoms with van der Waals surface area (Å²) < 4.78 is 25.2. The van der Waals surface area contributed by atoms with Gasteiger partial charge in [-0.25, -0.2) is 12.7 Å². The van der Waals surface area contributed by atoms with Gasteiger partial charge in [-0.05, 0) is 32.6 Å². The molecular formula is C13H26N2O3S. The van der Waals surface area contributed by atoms with Crippen LogP contribution in [0.4, 0.5) is 0 Å². The molecule has 1 N–H and O–H groups in total. The average molecular weight is 290 g/mol. The van der Waals surface area contributed by atoms with Gasteiger partial charge in [-0.3, -0.25) is 4.79 Å². The van der Waals surface area contributed by atoms with Gasteiger partial charge in [0.2, 0.25) is 15.9 Å². The zero-order valence-corrected chi connectivity index (χ0v) is 13.0. The van der Waals surface area contributed by atoms with Crippen molar-refractivity contribution in [3.05, 3.63) is 0 Å². The van der Waals surface area contributed by atoms with E-state index in [4.69, 9.17) is 0 Å². The molecule has 0 aromatic heterocycles. The zero-order chi connectivity index (χ0) is 14.5. The summed E-state index contributed by atoms with van der Waals surface area (Å²) in [4.78, 5) is 12.2. The molecule has 0 bridgehead atoms. The van der Waals surface area contributed by atoms with Gasteiger partial charge in [0.05, 0.1) is 11.7 Å². The summed E-state index contributed by atoms with van der Waals surface area (Å²) in [6.07, 6.45) is 3.36. The molecular weight excluding hydrogens is 264 g/mol. The molecule has 1 rings (SSSR count). The Hall–Kier alpha value is -0.620. The van der Waals surface area contributed by atoms with Crippen molar-refractivity contribution in [1.82, 2.24) is 9.62 Å². The number of rotatable bonds is 6. The molecule has 1 unspecified atom stereocenters. The Labute approximate surface area is 116 Å². The summed E-state index contributed by atoms with van der Waals surface area (Å²) >= 11 is 0. The molecule has 1 aliphatic heterocycles. The number of carbonyl (C=O) groups is 1. The number of nitrogens with zero attached hydrogens (tertiary/aromatic N) is 1. The van der Waals surface area contributed by atoms with E-state index in [0.29, 0.717) is 13.1 Å². The fourth-order valence-corrected chi connectivity index (χ4v) is 3.58. The van der Waals surface area contributed by atoms with E-state index >= 15 is 0 Å². The molecule has 6 heteroatoms. The monoisotopic (exact) mass is 290 g/mol. The Bertz CT molecular complexity index is 391. The van der Waals surface area contributed by atoms with Crippen LogP contribution in [0.2, 0.25) is 0 Å². The molecule has 1 aliphatic rings. The minimum absolute atomic E-state index is 0.00435. The highest BCUT2D eigenvalue weighted by atomic mass is 32.2. The van der Waals surface area contributed by atoms with Crippen LogP contribution >= 0.6 is 0 Å². The molecule has 1 saturated heterocycles. The van der Waals surface area contributed by atoms with Gasteiger partial charge in [0.1, 0.15) is 0 Å². The van der Waals surface area contributed by atoms with E-state index in [2.05, 4.69) is 5.32 Å². The zero-order valence-electron chi connectivity index (χ0n) is 12.2. The average Bonchev–Trinajstić information content (AvgIpc) is 2.44. The highest BCUT2D eigenvalue weighted by Gasteiger charge is 2.31. The molecule has 112 valence electrons. The molecule has 19 heavy (non-hydrogen) atoms. The number of piperidine rings is 1. The molecule has 0 spiro atoms. The van der Waals surface area contributed by atoms with E-state index in [-0.39, 0.29) is 23.6 Å². The molecule has 0 aromatic carbocycles. The van der Waals surface area contributed by atoms with Crippen molar-refractivity contribution in [2.24, 2.45) is 5.92 Å². The summed E-state index contributed by atoms with van der Waals surface area (Å²) in [6.45, 7) is 6.61. The van der Waals surface area contributed by atoms with Crippen LogP contribution in [-0.2, 0) is 14.8 Å². The second-order valence-corrected chi connectivity index (χ2v) is 7.38. The third-order valence-corrected chi connectivity index (χ3v) is 5.69. The Morgan fingerprint density at radius 2 is 1.95 bits per heavy atom. The number of hydrogen-bond acceptors (Lipinski definition) is 3. The van der Waals surface area contributed by atoms with Gasteiger partial charge in [0.15, 0.2) is 0 Å².